The van der Waals surface area contributed by atoms with E-state index in [0.29, 0.717) is 37.4 Å². The number of nitrogens with one attached hydrogen (secondary N) is 2. The quantitative estimate of drug-likeness (QED) is 0.219. The molecule has 4 rings (SSSR count). The van der Waals surface area contributed by atoms with Gasteiger partial charge in [-0.2, -0.15) is 0 Å². The van der Waals surface area contributed by atoms with Crippen molar-refractivity contribution in [3.8, 4) is 0 Å². The first-order chi connectivity index (χ1) is 21.7. The number of fused-ring (bicyclic) bond motifs is 1. The van der Waals surface area contributed by atoms with Crippen LogP contribution in [0.15, 0.2) is 29.8 Å². The van der Waals surface area contributed by atoms with Crippen molar-refractivity contribution in [1.29, 1.82) is 0 Å². The summed E-state index contributed by atoms with van der Waals surface area (Å²) in [7, 11) is 0. The Hall–Kier alpha value is -2.86. The average Bonchev–Trinajstić information content (AvgIpc) is 3.44. The molecule has 2 fully saturated rings. The van der Waals surface area contributed by atoms with Crippen molar-refractivity contribution in [2.45, 2.75) is 90.1 Å². The first-order valence-electron chi connectivity index (χ1n) is 16.7. The maximum atomic E-state index is 13.9. The standard InChI is InChI=1S/C34H52N6O4S/c1-4-31(42)36-29(21-32-37-28-13-10-25(23(2)3)20-30(28)45-32)34(44)38-27(24-8-6-5-7-9-24)12-11-26(33(35)43)22-40-16-14-39(15-17-40)18-19-41/h10-11,13,20,23-24,27,29,41H,4-9,12,14-19,21-22H2,1-3H3,(H2,35,43)(H,36,42)(H,38,44)/t27-,29-/m0/s1. The highest BCUT2D eigenvalue weighted by atomic mass is 32.1. The Balaban J connectivity index is 1.49. The fourth-order valence-corrected chi connectivity index (χ4v) is 7.43. The highest BCUT2D eigenvalue weighted by Crippen LogP contribution is 2.29. The second-order valence-electron chi connectivity index (χ2n) is 12.9. The van der Waals surface area contributed by atoms with Gasteiger partial charge in [0.25, 0.3) is 0 Å². The summed E-state index contributed by atoms with van der Waals surface area (Å²) in [5.74, 6) is -0.142. The zero-order valence-corrected chi connectivity index (χ0v) is 28.0. The summed E-state index contributed by atoms with van der Waals surface area (Å²) in [6, 6.07) is 5.38. The number of nitrogens with zero attached hydrogens (tertiary/aromatic N) is 3. The van der Waals surface area contributed by atoms with Gasteiger partial charge in [-0.15, -0.1) is 11.3 Å². The van der Waals surface area contributed by atoms with Crippen LogP contribution in [0, 0.1) is 5.92 Å². The van der Waals surface area contributed by atoms with Crippen LogP contribution < -0.4 is 16.4 Å². The Labute approximate surface area is 271 Å². The van der Waals surface area contributed by atoms with Crippen LogP contribution in [0.3, 0.4) is 0 Å². The van der Waals surface area contributed by atoms with Crippen LogP contribution in [0.25, 0.3) is 10.2 Å². The van der Waals surface area contributed by atoms with Crippen LogP contribution >= 0.6 is 11.3 Å². The molecule has 0 unspecified atom stereocenters. The number of amides is 3. The van der Waals surface area contributed by atoms with Crippen molar-refractivity contribution in [3.05, 3.63) is 40.4 Å². The zero-order chi connectivity index (χ0) is 32.3. The van der Waals surface area contributed by atoms with E-state index in [1.807, 2.05) is 12.1 Å². The SMILES string of the molecule is CCC(=O)N[C@@H](Cc1nc2ccc(C(C)C)cc2s1)C(=O)N[C@@H](CC=C(CN1CCN(CCO)CC1)C(N)=O)C1CCCCC1. The molecule has 11 heteroatoms. The maximum absolute atomic E-state index is 13.9. The van der Waals surface area contributed by atoms with Crippen molar-refractivity contribution in [3.63, 3.8) is 0 Å². The van der Waals surface area contributed by atoms with E-state index in [4.69, 9.17) is 10.7 Å². The molecule has 10 nitrogen and oxygen atoms in total. The monoisotopic (exact) mass is 640 g/mol. The Bertz CT molecular complexity index is 1310. The lowest BCUT2D eigenvalue weighted by Crippen LogP contribution is -2.52. The number of hydrogen-bond acceptors (Lipinski definition) is 8. The van der Waals surface area contributed by atoms with E-state index in [1.165, 1.54) is 12.0 Å². The molecule has 2 heterocycles. The molecule has 2 aromatic rings. The lowest BCUT2D eigenvalue weighted by atomic mass is 9.82. The summed E-state index contributed by atoms with van der Waals surface area (Å²) < 4.78 is 1.08. The molecule has 248 valence electrons. The molecular formula is C34H52N6O4S. The number of thiazole rings is 1. The van der Waals surface area contributed by atoms with Gasteiger partial charge in [-0.05, 0) is 48.8 Å². The van der Waals surface area contributed by atoms with Gasteiger partial charge in [0.05, 0.1) is 21.8 Å². The molecule has 45 heavy (non-hydrogen) atoms. The van der Waals surface area contributed by atoms with Gasteiger partial charge < -0.3 is 21.5 Å². The molecule has 5 N–H and O–H groups in total. The number of aromatic nitrogens is 1. The van der Waals surface area contributed by atoms with E-state index in [-0.39, 0.29) is 36.8 Å². The highest BCUT2D eigenvalue weighted by Gasteiger charge is 2.30. The zero-order valence-electron chi connectivity index (χ0n) is 27.2. The number of primary amides is 1. The lowest BCUT2D eigenvalue weighted by molar-refractivity contribution is -0.129. The summed E-state index contributed by atoms with van der Waals surface area (Å²) in [4.78, 5) is 48.2. The molecular weight excluding hydrogens is 588 g/mol. The van der Waals surface area contributed by atoms with Gasteiger partial charge in [0, 0.05) is 63.7 Å². The van der Waals surface area contributed by atoms with Crippen LogP contribution in [0.2, 0.25) is 0 Å². The van der Waals surface area contributed by atoms with Crippen LogP contribution in [-0.2, 0) is 20.8 Å². The van der Waals surface area contributed by atoms with E-state index in [1.54, 1.807) is 18.3 Å². The number of β-amino-alcohol motifs (C(OH)–C–C–N with tert-alkyl or cyclic N) is 1. The summed E-state index contributed by atoms with van der Waals surface area (Å²) in [6.07, 6.45) is 8.46. The predicted molar refractivity (Wildman–Crippen MR) is 180 cm³/mol. The topological polar surface area (TPSA) is 141 Å². The molecule has 0 spiro atoms. The third-order valence-electron chi connectivity index (χ3n) is 9.23. The summed E-state index contributed by atoms with van der Waals surface area (Å²) >= 11 is 1.57. The molecule has 1 aromatic carbocycles. The average molecular weight is 641 g/mol. The number of rotatable bonds is 15. The number of nitrogens with two attached hydrogens (primary N) is 1. The van der Waals surface area contributed by atoms with E-state index >= 15 is 0 Å². The first-order valence-corrected chi connectivity index (χ1v) is 17.5. The fraction of sp³-hybridized carbons (Fsp3) is 0.647. The number of hydrogen-bond donors (Lipinski definition) is 4. The van der Waals surface area contributed by atoms with Crippen LogP contribution in [0.4, 0.5) is 0 Å². The number of carbonyl (C=O) groups is 3. The van der Waals surface area contributed by atoms with E-state index < -0.39 is 11.9 Å². The molecule has 0 bridgehead atoms. The van der Waals surface area contributed by atoms with Gasteiger partial charge in [-0.3, -0.25) is 24.2 Å². The first kappa shape index (κ1) is 35.0. The van der Waals surface area contributed by atoms with Gasteiger partial charge in [0.2, 0.25) is 17.7 Å². The maximum Gasteiger partial charge on any atom is 0.245 e. The minimum Gasteiger partial charge on any atom is -0.395 e. The van der Waals surface area contributed by atoms with Gasteiger partial charge in [0.1, 0.15) is 6.04 Å². The predicted octanol–water partition coefficient (Wildman–Crippen LogP) is 3.33. The van der Waals surface area contributed by atoms with Crippen molar-refractivity contribution in [2.24, 2.45) is 11.7 Å². The minimum absolute atomic E-state index is 0.142. The second-order valence-corrected chi connectivity index (χ2v) is 14.0. The van der Waals surface area contributed by atoms with Crippen molar-refractivity contribution < 1.29 is 19.5 Å². The third kappa shape index (κ3) is 10.3. The Morgan fingerprint density at radius 2 is 1.80 bits per heavy atom. The van der Waals surface area contributed by atoms with Crippen molar-refractivity contribution >= 4 is 39.3 Å². The molecule has 1 saturated carbocycles. The summed E-state index contributed by atoms with van der Waals surface area (Å²) in [5, 5.41) is 16.3. The molecule has 2 aliphatic rings. The third-order valence-corrected chi connectivity index (χ3v) is 10.3. The minimum atomic E-state index is -0.747. The van der Waals surface area contributed by atoms with E-state index in [2.05, 4.69) is 46.4 Å². The number of carbonyl (C=O) groups excluding carboxylic acids is 3. The second kappa shape index (κ2) is 17.2. The fourth-order valence-electron chi connectivity index (χ4n) is 6.37. The van der Waals surface area contributed by atoms with Crippen LogP contribution in [0.1, 0.15) is 82.2 Å². The van der Waals surface area contributed by atoms with Crippen LogP contribution in [0.5, 0.6) is 0 Å². The number of aliphatic hydroxyl groups is 1. The Morgan fingerprint density at radius 3 is 2.44 bits per heavy atom. The molecule has 1 aromatic heterocycles. The summed E-state index contributed by atoms with van der Waals surface area (Å²) in [5.41, 5.74) is 8.55. The van der Waals surface area contributed by atoms with E-state index in [0.717, 1.165) is 67.1 Å². The Kier molecular flexibility index (Phi) is 13.4. The van der Waals surface area contributed by atoms with Crippen molar-refractivity contribution in [1.82, 2.24) is 25.4 Å². The van der Waals surface area contributed by atoms with Gasteiger partial charge in [0.15, 0.2) is 0 Å². The summed E-state index contributed by atoms with van der Waals surface area (Å²) in [6.45, 7) is 10.7. The van der Waals surface area contributed by atoms with Crippen molar-refractivity contribution in [2.75, 3.05) is 45.9 Å². The normalized spacial score (nSPS) is 18.6. The van der Waals surface area contributed by atoms with Gasteiger partial charge in [-0.1, -0.05) is 52.2 Å². The smallest absolute Gasteiger partial charge is 0.245 e. The number of benzene rings is 1. The molecule has 1 aliphatic carbocycles. The van der Waals surface area contributed by atoms with Gasteiger partial charge in [-0.25, -0.2) is 4.98 Å². The lowest BCUT2D eigenvalue weighted by Gasteiger charge is -2.34. The molecule has 1 saturated heterocycles. The Morgan fingerprint density at radius 1 is 1.09 bits per heavy atom. The van der Waals surface area contributed by atoms with E-state index in [9.17, 15) is 19.5 Å². The molecule has 3 amide bonds. The molecule has 0 radical (unpaired) electrons. The number of aliphatic hydroxyl groups excluding tert-OH is 1. The largest absolute Gasteiger partial charge is 0.395 e. The molecule has 1 aliphatic heterocycles. The molecule has 2 atom stereocenters. The number of piperazine rings is 1. The highest BCUT2D eigenvalue weighted by molar-refractivity contribution is 7.18. The van der Waals surface area contributed by atoms with Crippen LogP contribution in [-0.4, -0.2) is 95.6 Å². The van der Waals surface area contributed by atoms with Gasteiger partial charge >= 0.3 is 0 Å².